The van der Waals surface area contributed by atoms with Crippen LogP contribution in [0.15, 0.2) is 35.7 Å². The van der Waals surface area contributed by atoms with Gasteiger partial charge in [0.15, 0.2) is 11.4 Å². The first kappa shape index (κ1) is 17.3. The molecule has 1 heterocycles. The Kier molecular flexibility index (Phi) is 4.50. The van der Waals surface area contributed by atoms with Gasteiger partial charge in [0.2, 0.25) is 5.76 Å². The monoisotopic (exact) mass is 335 g/mol. The average Bonchev–Trinajstić information content (AvgIpc) is 2.50. The van der Waals surface area contributed by atoms with E-state index in [9.17, 15) is 19.5 Å². The number of amides is 1. The van der Waals surface area contributed by atoms with Crippen LogP contribution in [0.5, 0.6) is 5.75 Å². The summed E-state index contributed by atoms with van der Waals surface area (Å²) in [5.74, 6) is -3.16. The lowest BCUT2D eigenvalue weighted by Crippen LogP contribution is -2.42. The lowest BCUT2D eigenvalue weighted by atomic mass is 10.2. The molecule has 1 N–H and O–H groups in total. The Balaban J connectivity index is 2.65. The summed E-state index contributed by atoms with van der Waals surface area (Å²) < 4.78 is 15.2. The second-order valence-corrected chi connectivity index (χ2v) is 5.86. The fourth-order valence-electron chi connectivity index (χ4n) is 2.03. The van der Waals surface area contributed by atoms with Gasteiger partial charge >= 0.3 is 18.0 Å². The highest BCUT2D eigenvalue weighted by Gasteiger charge is 2.40. The maximum absolute atomic E-state index is 12.6. The zero-order chi connectivity index (χ0) is 18.1. The molecule has 0 fully saturated rings. The van der Waals surface area contributed by atoms with Crippen LogP contribution >= 0.6 is 0 Å². The third kappa shape index (κ3) is 3.32. The number of carboxylic acid groups (broad SMARTS) is 1. The molecule has 1 amide bonds. The van der Waals surface area contributed by atoms with E-state index in [2.05, 4.69) is 4.74 Å². The maximum atomic E-state index is 12.6. The summed E-state index contributed by atoms with van der Waals surface area (Å²) in [7, 11) is 1.07. The van der Waals surface area contributed by atoms with Crippen molar-refractivity contribution in [2.45, 2.75) is 26.4 Å². The standard InChI is InChI=1S/C16H17NO7/c1-16(2,3)24-15(21)17-9-7-5-6-8-10(9)23-12(13(18)19)11(17)14(20)22-4/h5-8H,1-4H3,(H,18,19). The number of carbonyl (C=O) groups excluding carboxylic acids is 2. The second-order valence-electron chi connectivity index (χ2n) is 5.86. The van der Waals surface area contributed by atoms with Crippen molar-refractivity contribution in [3.05, 3.63) is 35.7 Å². The molecule has 0 saturated carbocycles. The number of anilines is 1. The first-order chi connectivity index (χ1) is 11.2. The summed E-state index contributed by atoms with van der Waals surface area (Å²) in [6.07, 6.45) is -0.919. The average molecular weight is 335 g/mol. The Bertz CT molecular complexity index is 730. The van der Waals surface area contributed by atoms with Crippen molar-refractivity contribution in [2.75, 3.05) is 12.0 Å². The Labute approximate surface area is 138 Å². The number of methoxy groups -OCH3 is 1. The van der Waals surface area contributed by atoms with Crippen molar-refractivity contribution in [1.82, 2.24) is 0 Å². The van der Waals surface area contributed by atoms with E-state index in [-0.39, 0.29) is 11.4 Å². The van der Waals surface area contributed by atoms with Gasteiger partial charge in [-0.15, -0.1) is 0 Å². The van der Waals surface area contributed by atoms with Crippen LogP contribution in [0.25, 0.3) is 0 Å². The van der Waals surface area contributed by atoms with Gasteiger partial charge in [0.25, 0.3) is 0 Å². The summed E-state index contributed by atoms with van der Waals surface area (Å²) >= 11 is 0. The summed E-state index contributed by atoms with van der Waals surface area (Å²) in [6.45, 7) is 4.95. The molecule has 0 unspecified atom stereocenters. The summed E-state index contributed by atoms with van der Waals surface area (Å²) in [6, 6.07) is 6.19. The van der Waals surface area contributed by atoms with Crippen LogP contribution in [0.4, 0.5) is 10.5 Å². The van der Waals surface area contributed by atoms with E-state index in [0.717, 1.165) is 12.0 Å². The summed E-state index contributed by atoms with van der Waals surface area (Å²) in [4.78, 5) is 37.0. The summed E-state index contributed by atoms with van der Waals surface area (Å²) in [5, 5.41) is 9.34. The van der Waals surface area contributed by atoms with E-state index in [1.54, 1.807) is 32.9 Å². The fourth-order valence-corrected chi connectivity index (χ4v) is 2.03. The van der Waals surface area contributed by atoms with Gasteiger partial charge in [0.1, 0.15) is 5.60 Å². The zero-order valence-electron chi connectivity index (χ0n) is 13.7. The van der Waals surface area contributed by atoms with Crippen molar-refractivity contribution in [1.29, 1.82) is 0 Å². The number of aliphatic carboxylic acids is 1. The molecule has 0 spiro atoms. The van der Waals surface area contributed by atoms with Gasteiger partial charge in [0.05, 0.1) is 12.8 Å². The predicted molar refractivity (Wildman–Crippen MR) is 82.5 cm³/mol. The molecule has 2 rings (SSSR count). The maximum Gasteiger partial charge on any atom is 0.419 e. The highest BCUT2D eigenvalue weighted by Crippen LogP contribution is 2.38. The molecular formula is C16H17NO7. The van der Waals surface area contributed by atoms with Gasteiger partial charge in [-0.2, -0.15) is 0 Å². The number of carboxylic acids is 1. The van der Waals surface area contributed by atoms with E-state index in [1.807, 2.05) is 0 Å². The van der Waals surface area contributed by atoms with E-state index in [0.29, 0.717) is 0 Å². The molecule has 24 heavy (non-hydrogen) atoms. The van der Waals surface area contributed by atoms with Gasteiger partial charge in [-0.3, -0.25) is 0 Å². The third-order valence-electron chi connectivity index (χ3n) is 2.91. The van der Waals surface area contributed by atoms with E-state index < -0.39 is 35.1 Å². The first-order valence-electron chi connectivity index (χ1n) is 7.01. The Morgan fingerprint density at radius 2 is 1.79 bits per heavy atom. The molecule has 0 aromatic heterocycles. The number of ether oxygens (including phenoxy) is 3. The second kappa shape index (κ2) is 6.23. The number of hydrogen-bond donors (Lipinski definition) is 1. The molecule has 0 bridgehead atoms. The topological polar surface area (TPSA) is 102 Å². The van der Waals surface area contributed by atoms with E-state index in [4.69, 9.17) is 9.47 Å². The number of hydrogen-bond acceptors (Lipinski definition) is 6. The van der Waals surface area contributed by atoms with Crippen LogP contribution in [0.2, 0.25) is 0 Å². The van der Waals surface area contributed by atoms with Crippen LogP contribution in [-0.4, -0.2) is 35.8 Å². The van der Waals surface area contributed by atoms with Crippen molar-refractivity contribution in [3.8, 4) is 5.75 Å². The minimum Gasteiger partial charge on any atom is -0.475 e. The molecule has 8 heteroatoms. The molecule has 1 aliphatic heterocycles. The van der Waals surface area contributed by atoms with Crippen molar-refractivity contribution >= 4 is 23.7 Å². The molecule has 0 atom stereocenters. The summed E-state index contributed by atoms with van der Waals surface area (Å²) in [5.41, 5.74) is -1.23. The third-order valence-corrected chi connectivity index (χ3v) is 2.91. The minimum atomic E-state index is -1.52. The number of nitrogens with zero attached hydrogens (tertiary/aromatic N) is 1. The number of fused-ring (bicyclic) bond motifs is 1. The number of esters is 1. The molecule has 0 aliphatic carbocycles. The Hall–Kier alpha value is -3.03. The van der Waals surface area contributed by atoms with Gasteiger partial charge in [-0.1, -0.05) is 12.1 Å². The number of para-hydroxylation sites is 2. The predicted octanol–water partition coefficient (Wildman–Crippen LogP) is 2.29. The largest absolute Gasteiger partial charge is 0.475 e. The smallest absolute Gasteiger partial charge is 0.419 e. The van der Waals surface area contributed by atoms with Crippen LogP contribution in [-0.2, 0) is 19.1 Å². The zero-order valence-corrected chi connectivity index (χ0v) is 13.7. The minimum absolute atomic E-state index is 0.105. The van der Waals surface area contributed by atoms with Crippen molar-refractivity contribution in [2.24, 2.45) is 0 Å². The van der Waals surface area contributed by atoms with Crippen LogP contribution in [0.1, 0.15) is 20.8 Å². The molecule has 8 nitrogen and oxygen atoms in total. The Morgan fingerprint density at radius 3 is 2.33 bits per heavy atom. The van der Waals surface area contributed by atoms with Gasteiger partial charge in [-0.25, -0.2) is 19.3 Å². The van der Waals surface area contributed by atoms with Crippen molar-refractivity contribution < 1.29 is 33.7 Å². The normalized spacial score (nSPS) is 13.8. The number of benzene rings is 1. The van der Waals surface area contributed by atoms with Crippen LogP contribution in [0, 0.1) is 0 Å². The highest BCUT2D eigenvalue weighted by molar-refractivity contribution is 6.10. The fraction of sp³-hybridized carbons (Fsp3) is 0.312. The molecule has 1 aromatic rings. The van der Waals surface area contributed by atoms with E-state index >= 15 is 0 Å². The Morgan fingerprint density at radius 1 is 1.17 bits per heavy atom. The van der Waals surface area contributed by atoms with Crippen LogP contribution < -0.4 is 9.64 Å². The molecule has 1 aliphatic rings. The number of carbonyl (C=O) groups is 3. The SMILES string of the molecule is COC(=O)C1=C(C(=O)O)Oc2ccccc2N1C(=O)OC(C)(C)C. The highest BCUT2D eigenvalue weighted by atomic mass is 16.6. The molecule has 1 aromatic carbocycles. The first-order valence-corrected chi connectivity index (χ1v) is 7.01. The lowest BCUT2D eigenvalue weighted by Gasteiger charge is -2.32. The molecular weight excluding hydrogens is 318 g/mol. The quantitative estimate of drug-likeness (QED) is 0.827. The van der Waals surface area contributed by atoms with Gasteiger partial charge in [0, 0.05) is 0 Å². The van der Waals surface area contributed by atoms with Gasteiger partial charge < -0.3 is 19.3 Å². The molecule has 0 radical (unpaired) electrons. The van der Waals surface area contributed by atoms with Crippen molar-refractivity contribution in [3.63, 3.8) is 0 Å². The lowest BCUT2D eigenvalue weighted by molar-refractivity contribution is -0.139. The van der Waals surface area contributed by atoms with Crippen LogP contribution in [0.3, 0.4) is 0 Å². The molecule has 0 saturated heterocycles. The number of rotatable bonds is 2. The van der Waals surface area contributed by atoms with E-state index in [1.165, 1.54) is 12.1 Å². The van der Waals surface area contributed by atoms with Gasteiger partial charge in [-0.05, 0) is 32.9 Å². The molecule has 128 valence electrons.